The van der Waals surface area contributed by atoms with Crippen LogP contribution in [0.15, 0.2) is 23.2 Å². The number of halogens is 2. The Labute approximate surface area is 171 Å². The topological polar surface area (TPSA) is 40.1 Å². The summed E-state index contributed by atoms with van der Waals surface area (Å²) >= 11 is 6.24. The van der Waals surface area contributed by atoms with Crippen LogP contribution in [0.1, 0.15) is 31.2 Å². The Kier molecular flexibility index (Phi) is 6.38. The number of rotatable bonds is 5. The largest absolute Gasteiger partial charge is 0.379 e. The van der Waals surface area contributed by atoms with Gasteiger partial charge in [0.15, 0.2) is 5.96 Å². The Bertz CT molecular complexity index is 689. The van der Waals surface area contributed by atoms with Gasteiger partial charge in [0.25, 0.3) is 0 Å². The van der Waals surface area contributed by atoms with Crippen LogP contribution in [-0.4, -0.2) is 74.3 Å². The molecular weight excluding hydrogens is 379 g/mol. The van der Waals surface area contributed by atoms with E-state index in [-0.39, 0.29) is 17.8 Å². The average molecular weight is 409 g/mol. The van der Waals surface area contributed by atoms with E-state index >= 15 is 0 Å². The number of morpholine rings is 1. The van der Waals surface area contributed by atoms with E-state index in [0.717, 1.165) is 64.9 Å². The molecule has 1 saturated carbocycles. The molecule has 1 aromatic carbocycles. The molecule has 1 aromatic rings. The minimum Gasteiger partial charge on any atom is -0.379 e. The quantitative estimate of drug-likeness (QED) is 0.600. The zero-order chi connectivity index (χ0) is 19.5. The highest BCUT2D eigenvalue weighted by Gasteiger charge is 2.43. The van der Waals surface area contributed by atoms with Crippen molar-refractivity contribution >= 4 is 17.6 Å². The molecule has 2 saturated heterocycles. The molecule has 3 fully saturated rings. The Morgan fingerprint density at radius 1 is 1.32 bits per heavy atom. The Balaban J connectivity index is 1.33. The lowest BCUT2D eigenvalue weighted by Gasteiger charge is -2.29. The van der Waals surface area contributed by atoms with E-state index in [9.17, 15) is 4.39 Å². The first kappa shape index (κ1) is 19.9. The van der Waals surface area contributed by atoms with Crippen molar-refractivity contribution in [1.82, 2.24) is 15.1 Å². The number of likely N-dealkylation sites (tertiary alicyclic amines) is 1. The van der Waals surface area contributed by atoms with Crippen LogP contribution in [0, 0.1) is 11.7 Å². The standard InChI is InChI=1S/C21H30ClFN4O/c1-2-24-21(25-19-12-16(19)20-17(22)4-3-5-18(20)23)27-7-6-15(14-27)13-26-8-10-28-11-9-26/h3-5,15-16,19H,2,6-14H2,1H3,(H,24,25). The highest BCUT2D eigenvalue weighted by molar-refractivity contribution is 6.31. The van der Waals surface area contributed by atoms with Gasteiger partial charge in [-0.2, -0.15) is 0 Å². The van der Waals surface area contributed by atoms with Crippen LogP contribution in [0.3, 0.4) is 0 Å². The van der Waals surface area contributed by atoms with Gasteiger partial charge in [-0.05, 0) is 37.8 Å². The van der Waals surface area contributed by atoms with E-state index in [0.29, 0.717) is 16.5 Å². The lowest BCUT2D eigenvalue weighted by atomic mass is 10.1. The maximum Gasteiger partial charge on any atom is 0.194 e. The summed E-state index contributed by atoms with van der Waals surface area (Å²) in [7, 11) is 0. The zero-order valence-corrected chi connectivity index (χ0v) is 17.3. The number of nitrogens with one attached hydrogen (secondary N) is 1. The third-order valence-corrected chi connectivity index (χ3v) is 6.32. The van der Waals surface area contributed by atoms with Gasteiger partial charge in [-0.25, -0.2) is 4.39 Å². The average Bonchev–Trinajstić information content (AvgIpc) is 3.27. The second-order valence-electron chi connectivity index (χ2n) is 8.04. The predicted molar refractivity (Wildman–Crippen MR) is 111 cm³/mol. The van der Waals surface area contributed by atoms with Crippen LogP contribution in [0.2, 0.25) is 5.02 Å². The van der Waals surface area contributed by atoms with Gasteiger partial charge in [0.1, 0.15) is 5.82 Å². The smallest absolute Gasteiger partial charge is 0.194 e. The highest BCUT2D eigenvalue weighted by Crippen LogP contribution is 2.45. The summed E-state index contributed by atoms with van der Waals surface area (Å²) < 4.78 is 19.7. The lowest BCUT2D eigenvalue weighted by molar-refractivity contribution is 0.0315. The number of benzene rings is 1. The minimum atomic E-state index is -0.206. The van der Waals surface area contributed by atoms with Crippen molar-refractivity contribution in [2.75, 3.05) is 52.5 Å². The monoisotopic (exact) mass is 408 g/mol. The summed E-state index contributed by atoms with van der Waals surface area (Å²) in [6.07, 6.45) is 2.09. The van der Waals surface area contributed by atoms with Gasteiger partial charge in [-0.15, -0.1) is 0 Å². The third-order valence-electron chi connectivity index (χ3n) is 5.99. The number of aliphatic imine (C=N–C) groups is 1. The fourth-order valence-corrected chi connectivity index (χ4v) is 4.72. The van der Waals surface area contributed by atoms with Crippen molar-refractivity contribution in [3.05, 3.63) is 34.6 Å². The number of nitrogens with zero attached hydrogens (tertiary/aromatic N) is 3. The first-order valence-corrected chi connectivity index (χ1v) is 10.8. The Hall–Kier alpha value is -1.37. The number of guanidine groups is 1. The van der Waals surface area contributed by atoms with E-state index in [1.807, 2.05) is 0 Å². The number of hydrogen-bond donors (Lipinski definition) is 1. The van der Waals surface area contributed by atoms with Gasteiger partial charge in [0.05, 0.1) is 13.2 Å². The second kappa shape index (κ2) is 8.97. The van der Waals surface area contributed by atoms with E-state index in [1.54, 1.807) is 12.1 Å². The van der Waals surface area contributed by atoms with Crippen molar-refractivity contribution in [2.24, 2.45) is 10.9 Å². The number of hydrogen-bond acceptors (Lipinski definition) is 3. The zero-order valence-electron chi connectivity index (χ0n) is 16.5. The molecule has 3 aliphatic rings. The minimum absolute atomic E-state index is 0.127. The summed E-state index contributed by atoms with van der Waals surface area (Å²) in [5.41, 5.74) is 0.643. The molecule has 154 valence electrons. The van der Waals surface area contributed by atoms with Crippen LogP contribution in [0.5, 0.6) is 0 Å². The van der Waals surface area contributed by atoms with Gasteiger partial charge in [-0.1, -0.05) is 17.7 Å². The summed E-state index contributed by atoms with van der Waals surface area (Å²) in [6.45, 7) is 9.77. The van der Waals surface area contributed by atoms with Gasteiger partial charge in [-0.3, -0.25) is 9.89 Å². The van der Waals surface area contributed by atoms with Crippen molar-refractivity contribution in [3.63, 3.8) is 0 Å². The first-order valence-electron chi connectivity index (χ1n) is 10.5. The molecule has 0 aromatic heterocycles. The van der Waals surface area contributed by atoms with Crippen LogP contribution in [0.25, 0.3) is 0 Å². The van der Waals surface area contributed by atoms with E-state index < -0.39 is 0 Å². The molecule has 28 heavy (non-hydrogen) atoms. The molecule has 2 aliphatic heterocycles. The van der Waals surface area contributed by atoms with Crippen LogP contribution >= 0.6 is 11.6 Å². The molecule has 1 N–H and O–H groups in total. The normalized spacial score (nSPS) is 28.6. The maximum absolute atomic E-state index is 14.2. The molecule has 7 heteroatoms. The van der Waals surface area contributed by atoms with Gasteiger partial charge < -0.3 is 15.0 Å². The second-order valence-corrected chi connectivity index (χ2v) is 8.45. The van der Waals surface area contributed by atoms with Crippen molar-refractivity contribution in [3.8, 4) is 0 Å². The summed E-state index contributed by atoms with van der Waals surface area (Å²) in [5, 5.41) is 4.10. The van der Waals surface area contributed by atoms with E-state index in [1.165, 1.54) is 12.5 Å². The van der Waals surface area contributed by atoms with Gasteiger partial charge >= 0.3 is 0 Å². The Morgan fingerprint density at radius 2 is 2.14 bits per heavy atom. The lowest BCUT2D eigenvalue weighted by Crippen LogP contribution is -2.43. The number of ether oxygens (including phenoxy) is 1. The molecule has 0 bridgehead atoms. The van der Waals surface area contributed by atoms with Crippen LogP contribution < -0.4 is 5.32 Å². The highest BCUT2D eigenvalue weighted by atomic mass is 35.5. The van der Waals surface area contributed by atoms with Crippen LogP contribution in [0.4, 0.5) is 4.39 Å². The third kappa shape index (κ3) is 4.61. The molecule has 1 aliphatic carbocycles. The molecule has 0 radical (unpaired) electrons. The summed E-state index contributed by atoms with van der Waals surface area (Å²) in [6, 6.07) is 5.13. The summed E-state index contributed by atoms with van der Waals surface area (Å²) in [5.74, 6) is 1.55. The van der Waals surface area contributed by atoms with E-state index in [4.69, 9.17) is 21.3 Å². The van der Waals surface area contributed by atoms with Crippen molar-refractivity contribution in [2.45, 2.75) is 31.7 Å². The van der Waals surface area contributed by atoms with Gasteiger partial charge in [0, 0.05) is 61.8 Å². The Morgan fingerprint density at radius 3 is 2.89 bits per heavy atom. The molecule has 0 spiro atoms. The maximum atomic E-state index is 14.2. The fourth-order valence-electron chi connectivity index (χ4n) is 4.41. The molecule has 5 nitrogen and oxygen atoms in total. The van der Waals surface area contributed by atoms with Crippen molar-refractivity contribution < 1.29 is 9.13 Å². The summed E-state index contributed by atoms with van der Waals surface area (Å²) in [4.78, 5) is 9.59. The molecule has 3 atom stereocenters. The molecule has 2 heterocycles. The molecule has 3 unspecified atom stereocenters. The van der Waals surface area contributed by atoms with Crippen LogP contribution in [-0.2, 0) is 4.74 Å². The predicted octanol–water partition coefficient (Wildman–Crippen LogP) is 2.95. The molecule has 4 rings (SSSR count). The van der Waals surface area contributed by atoms with E-state index in [2.05, 4.69) is 22.0 Å². The molecular formula is C21H30ClFN4O. The fraction of sp³-hybridized carbons (Fsp3) is 0.667. The SMILES string of the molecule is CCN=C(NC1CC1c1c(F)cccc1Cl)N1CCC(CN2CCOCC2)C1. The van der Waals surface area contributed by atoms with Gasteiger partial charge in [0.2, 0.25) is 0 Å². The molecule has 0 amide bonds. The first-order chi connectivity index (χ1) is 13.7. The van der Waals surface area contributed by atoms with Crippen molar-refractivity contribution in [1.29, 1.82) is 0 Å².